The van der Waals surface area contributed by atoms with Crippen molar-refractivity contribution in [3.8, 4) is 0 Å². The molecule has 9 heavy (non-hydrogen) atoms. The van der Waals surface area contributed by atoms with Crippen LogP contribution >= 0.6 is 15.9 Å². The van der Waals surface area contributed by atoms with E-state index in [0.29, 0.717) is 0 Å². The van der Waals surface area contributed by atoms with Crippen LogP contribution in [-0.4, -0.2) is 4.83 Å². The lowest BCUT2D eigenvalue weighted by Gasteiger charge is -2.25. The van der Waals surface area contributed by atoms with Gasteiger partial charge in [0.2, 0.25) is 0 Å². The zero-order valence-corrected chi connectivity index (χ0v) is 7.65. The minimum Gasteiger partial charge on any atom is -0.0888 e. The number of hydrogen-bond acceptors (Lipinski definition) is 0. The Hall–Kier alpha value is 0.480. The lowest BCUT2D eigenvalue weighted by Crippen LogP contribution is -2.17. The molecule has 2 atom stereocenters. The van der Waals surface area contributed by atoms with Crippen molar-refractivity contribution in [1.82, 2.24) is 0 Å². The molecular formula is C8H15Br. The Morgan fingerprint density at radius 1 is 1.33 bits per heavy atom. The lowest BCUT2D eigenvalue weighted by molar-refractivity contribution is 0.366. The summed E-state index contributed by atoms with van der Waals surface area (Å²) < 4.78 is 0. The van der Waals surface area contributed by atoms with Gasteiger partial charge in [-0.1, -0.05) is 42.1 Å². The van der Waals surface area contributed by atoms with Crippen LogP contribution in [0.3, 0.4) is 0 Å². The number of alkyl halides is 1. The largest absolute Gasteiger partial charge is 0.0888 e. The zero-order valence-electron chi connectivity index (χ0n) is 6.07. The molecule has 1 aliphatic rings. The Kier molecular flexibility index (Phi) is 3.03. The van der Waals surface area contributed by atoms with E-state index in [-0.39, 0.29) is 0 Å². The maximum Gasteiger partial charge on any atom is 0.0174 e. The van der Waals surface area contributed by atoms with Gasteiger partial charge in [0, 0.05) is 4.83 Å². The van der Waals surface area contributed by atoms with Crippen LogP contribution in [0.5, 0.6) is 0 Å². The van der Waals surface area contributed by atoms with Crippen LogP contribution in [0, 0.1) is 5.92 Å². The van der Waals surface area contributed by atoms with Gasteiger partial charge in [0.1, 0.15) is 0 Å². The van der Waals surface area contributed by atoms with Gasteiger partial charge in [-0.2, -0.15) is 0 Å². The summed E-state index contributed by atoms with van der Waals surface area (Å²) in [4.78, 5) is 0.830. The summed E-state index contributed by atoms with van der Waals surface area (Å²) in [6, 6.07) is 0. The van der Waals surface area contributed by atoms with Gasteiger partial charge in [0.15, 0.2) is 0 Å². The standard InChI is InChI=1S/C8H15Br/c1-2-7-5-3-4-6-8(7)9/h7-8H,2-6H2,1H3/t7-,8+/m0/s1. The summed E-state index contributed by atoms with van der Waals surface area (Å²) in [5.41, 5.74) is 0. The molecule has 0 heterocycles. The van der Waals surface area contributed by atoms with Crippen molar-refractivity contribution in [3.05, 3.63) is 0 Å². The molecule has 1 saturated carbocycles. The van der Waals surface area contributed by atoms with Crippen molar-refractivity contribution in [1.29, 1.82) is 0 Å². The van der Waals surface area contributed by atoms with Crippen LogP contribution in [-0.2, 0) is 0 Å². The van der Waals surface area contributed by atoms with Crippen molar-refractivity contribution >= 4 is 15.9 Å². The fourth-order valence-electron chi connectivity index (χ4n) is 1.62. The van der Waals surface area contributed by atoms with E-state index in [1.807, 2.05) is 0 Å². The molecule has 0 N–H and O–H groups in total. The molecule has 0 aliphatic heterocycles. The third-order valence-corrected chi connectivity index (χ3v) is 3.55. The average Bonchev–Trinajstić information content (AvgIpc) is 1.89. The maximum absolute atomic E-state index is 3.71. The van der Waals surface area contributed by atoms with Crippen molar-refractivity contribution in [2.24, 2.45) is 5.92 Å². The first-order valence-corrected chi connectivity index (χ1v) is 4.90. The van der Waals surface area contributed by atoms with E-state index < -0.39 is 0 Å². The second-order valence-electron chi connectivity index (χ2n) is 2.97. The first kappa shape index (κ1) is 7.59. The average molecular weight is 191 g/mol. The summed E-state index contributed by atoms with van der Waals surface area (Å²) in [7, 11) is 0. The summed E-state index contributed by atoms with van der Waals surface area (Å²) >= 11 is 3.71. The van der Waals surface area contributed by atoms with Gasteiger partial charge in [-0.15, -0.1) is 0 Å². The van der Waals surface area contributed by atoms with Crippen molar-refractivity contribution in [2.45, 2.75) is 43.9 Å². The Morgan fingerprint density at radius 2 is 2.00 bits per heavy atom. The molecule has 0 spiro atoms. The second-order valence-corrected chi connectivity index (χ2v) is 4.14. The molecule has 1 heteroatoms. The van der Waals surface area contributed by atoms with Gasteiger partial charge in [-0.25, -0.2) is 0 Å². The molecule has 0 bridgehead atoms. The molecule has 1 rings (SSSR count). The van der Waals surface area contributed by atoms with E-state index in [4.69, 9.17) is 0 Å². The quantitative estimate of drug-likeness (QED) is 0.557. The van der Waals surface area contributed by atoms with Gasteiger partial charge in [-0.3, -0.25) is 0 Å². The summed E-state index contributed by atoms with van der Waals surface area (Å²) in [6.45, 7) is 2.30. The smallest absolute Gasteiger partial charge is 0.0174 e. The highest BCUT2D eigenvalue weighted by Gasteiger charge is 2.20. The number of hydrogen-bond donors (Lipinski definition) is 0. The fraction of sp³-hybridized carbons (Fsp3) is 1.00. The number of halogens is 1. The third kappa shape index (κ3) is 1.96. The molecule has 0 aromatic carbocycles. The topological polar surface area (TPSA) is 0 Å². The third-order valence-electron chi connectivity index (χ3n) is 2.34. The highest BCUT2D eigenvalue weighted by molar-refractivity contribution is 9.09. The predicted molar refractivity (Wildman–Crippen MR) is 45.0 cm³/mol. The molecule has 0 aromatic heterocycles. The molecule has 54 valence electrons. The van der Waals surface area contributed by atoms with Crippen molar-refractivity contribution in [2.75, 3.05) is 0 Å². The van der Waals surface area contributed by atoms with E-state index >= 15 is 0 Å². The Morgan fingerprint density at radius 3 is 2.44 bits per heavy atom. The molecule has 0 aromatic rings. The summed E-state index contributed by atoms with van der Waals surface area (Å²) in [5, 5.41) is 0. The Balaban J connectivity index is 2.30. The molecule has 1 fully saturated rings. The maximum atomic E-state index is 3.71. The monoisotopic (exact) mass is 190 g/mol. The fourth-order valence-corrected chi connectivity index (χ4v) is 2.58. The van der Waals surface area contributed by atoms with Gasteiger partial charge in [0.05, 0.1) is 0 Å². The zero-order chi connectivity index (χ0) is 6.69. The summed E-state index contributed by atoms with van der Waals surface area (Å²) in [5.74, 6) is 0.971. The van der Waals surface area contributed by atoms with E-state index in [2.05, 4.69) is 22.9 Å². The first-order valence-electron chi connectivity index (χ1n) is 3.98. The molecule has 0 nitrogen and oxygen atoms in total. The van der Waals surface area contributed by atoms with Crippen LogP contribution in [0.2, 0.25) is 0 Å². The molecule has 1 aliphatic carbocycles. The van der Waals surface area contributed by atoms with Crippen LogP contribution in [0.4, 0.5) is 0 Å². The van der Waals surface area contributed by atoms with E-state index in [1.165, 1.54) is 32.1 Å². The minimum atomic E-state index is 0.830. The van der Waals surface area contributed by atoms with Gasteiger partial charge < -0.3 is 0 Å². The van der Waals surface area contributed by atoms with Crippen LogP contribution in [0.25, 0.3) is 0 Å². The van der Waals surface area contributed by atoms with Crippen molar-refractivity contribution < 1.29 is 0 Å². The van der Waals surface area contributed by atoms with Gasteiger partial charge >= 0.3 is 0 Å². The normalized spacial score (nSPS) is 36.7. The van der Waals surface area contributed by atoms with E-state index in [0.717, 1.165) is 10.7 Å². The van der Waals surface area contributed by atoms with E-state index in [9.17, 15) is 0 Å². The molecular weight excluding hydrogens is 176 g/mol. The number of rotatable bonds is 1. The minimum absolute atomic E-state index is 0.830. The van der Waals surface area contributed by atoms with Crippen molar-refractivity contribution in [3.63, 3.8) is 0 Å². The SMILES string of the molecule is CC[C@H]1CCCC[C@H]1Br. The highest BCUT2D eigenvalue weighted by atomic mass is 79.9. The second kappa shape index (κ2) is 3.60. The lowest BCUT2D eigenvalue weighted by atomic mass is 9.87. The molecule has 0 unspecified atom stereocenters. The van der Waals surface area contributed by atoms with Crippen LogP contribution in [0.1, 0.15) is 39.0 Å². The highest BCUT2D eigenvalue weighted by Crippen LogP contribution is 2.31. The Labute approximate surface area is 66.2 Å². The van der Waals surface area contributed by atoms with Crippen LogP contribution < -0.4 is 0 Å². The van der Waals surface area contributed by atoms with Crippen LogP contribution in [0.15, 0.2) is 0 Å². The Bertz CT molecular complexity index is 80.6. The predicted octanol–water partition coefficient (Wildman–Crippen LogP) is 3.35. The first-order chi connectivity index (χ1) is 4.34. The van der Waals surface area contributed by atoms with E-state index in [1.54, 1.807) is 0 Å². The molecule has 0 radical (unpaired) electrons. The molecule has 0 saturated heterocycles. The van der Waals surface area contributed by atoms with Gasteiger partial charge in [-0.05, 0) is 18.8 Å². The summed E-state index contributed by atoms with van der Waals surface area (Å²) in [6.07, 6.45) is 7.11. The van der Waals surface area contributed by atoms with Gasteiger partial charge in [0.25, 0.3) is 0 Å². The molecule has 0 amide bonds.